The molecule has 3 rings (SSSR count). The van der Waals surface area contributed by atoms with Gasteiger partial charge in [0.2, 0.25) is 0 Å². The van der Waals surface area contributed by atoms with E-state index in [0.717, 1.165) is 26.1 Å². The van der Waals surface area contributed by atoms with Crippen LogP contribution >= 0.6 is 0 Å². The second kappa shape index (κ2) is 5.12. The van der Waals surface area contributed by atoms with Gasteiger partial charge in [0.25, 0.3) is 0 Å². The highest BCUT2D eigenvalue weighted by Crippen LogP contribution is 2.44. The zero-order valence-corrected chi connectivity index (χ0v) is 11.5. The lowest BCUT2D eigenvalue weighted by Gasteiger charge is -2.49. The van der Waals surface area contributed by atoms with Gasteiger partial charge in [0, 0.05) is 0 Å². The first kappa shape index (κ1) is 14.3. The van der Waals surface area contributed by atoms with E-state index in [1.807, 2.05) is 0 Å². The van der Waals surface area contributed by atoms with Crippen LogP contribution in [0.4, 0.5) is 0 Å². The number of piperidine rings is 3. The van der Waals surface area contributed by atoms with Crippen molar-refractivity contribution in [3.05, 3.63) is 0 Å². The lowest BCUT2D eigenvalue weighted by atomic mass is 9.68. The van der Waals surface area contributed by atoms with Gasteiger partial charge in [-0.05, 0) is 64.1 Å². The number of hydrogen-bond donors (Lipinski definition) is 2. The largest absolute Gasteiger partial charge is 0.480 e. The third-order valence-corrected chi connectivity index (χ3v) is 5.20. The average Bonchev–Trinajstić information content (AvgIpc) is 2.40. The molecule has 5 heteroatoms. The minimum Gasteiger partial charge on any atom is -0.480 e. The quantitative estimate of drug-likeness (QED) is 0.719. The van der Waals surface area contributed by atoms with E-state index in [0.29, 0.717) is 11.8 Å². The summed E-state index contributed by atoms with van der Waals surface area (Å²) in [5, 5.41) is 18.2. The fraction of sp³-hybridized carbons (Fsp3) is 0.857. The summed E-state index contributed by atoms with van der Waals surface area (Å²) in [4.78, 5) is 24.7. The van der Waals surface area contributed by atoms with Crippen molar-refractivity contribution >= 4 is 11.9 Å². The summed E-state index contributed by atoms with van der Waals surface area (Å²) < 4.78 is 0. The molecule has 3 fully saturated rings. The molecule has 0 saturated carbocycles. The zero-order chi connectivity index (χ0) is 14.1. The molecule has 3 aliphatic rings. The lowest BCUT2D eigenvalue weighted by molar-refractivity contribution is -0.164. The van der Waals surface area contributed by atoms with E-state index >= 15 is 0 Å². The summed E-state index contributed by atoms with van der Waals surface area (Å²) in [5.74, 6) is -2.45. The van der Waals surface area contributed by atoms with Gasteiger partial charge in [0.1, 0.15) is 0 Å². The second-order valence-corrected chi connectivity index (χ2v) is 6.39. The Balaban J connectivity index is 1.88. The normalized spacial score (nSPS) is 30.3. The van der Waals surface area contributed by atoms with Crippen LogP contribution in [0.2, 0.25) is 0 Å². The van der Waals surface area contributed by atoms with E-state index in [1.54, 1.807) is 0 Å². The maximum atomic E-state index is 11.1. The highest BCUT2D eigenvalue weighted by Gasteiger charge is 2.43. The van der Waals surface area contributed by atoms with Gasteiger partial charge in [0.15, 0.2) is 5.41 Å². The summed E-state index contributed by atoms with van der Waals surface area (Å²) in [7, 11) is 0. The molecule has 3 heterocycles. The molecule has 108 valence electrons. The van der Waals surface area contributed by atoms with Gasteiger partial charge in [-0.3, -0.25) is 9.59 Å². The van der Waals surface area contributed by atoms with Crippen LogP contribution in [-0.2, 0) is 9.59 Å². The molecule has 0 unspecified atom stereocenters. The first-order chi connectivity index (χ1) is 8.88. The highest BCUT2D eigenvalue weighted by molar-refractivity contribution is 5.97. The topological polar surface area (TPSA) is 77.8 Å². The monoisotopic (exact) mass is 269 g/mol. The van der Waals surface area contributed by atoms with Crippen molar-refractivity contribution in [2.24, 2.45) is 10.8 Å². The summed E-state index contributed by atoms with van der Waals surface area (Å²) in [5.41, 5.74) is -1.28. The molecule has 0 amide bonds. The molecule has 0 spiro atoms. The molecular formula is C14H23NO4. The molecule has 5 nitrogen and oxygen atoms in total. The van der Waals surface area contributed by atoms with Gasteiger partial charge in [-0.25, -0.2) is 0 Å². The average molecular weight is 269 g/mol. The van der Waals surface area contributed by atoms with Crippen molar-refractivity contribution in [2.75, 3.05) is 19.6 Å². The van der Waals surface area contributed by atoms with Crippen LogP contribution in [0.25, 0.3) is 0 Å². The predicted molar refractivity (Wildman–Crippen MR) is 70.0 cm³/mol. The van der Waals surface area contributed by atoms with Gasteiger partial charge in [-0.2, -0.15) is 0 Å². The van der Waals surface area contributed by atoms with E-state index in [-0.39, 0.29) is 6.42 Å². The van der Waals surface area contributed by atoms with Gasteiger partial charge in [-0.1, -0.05) is 6.42 Å². The lowest BCUT2D eigenvalue weighted by Crippen LogP contribution is -2.48. The van der Waals surface area contributed by atoms with E-state index in [2.05, 4.69) is 4.90 Å². The fourth-order valence-electron chi connectivity index (χ4n) is 3.39. The van der Waals surface area contributed by atoms with Gasteiger partial charge in [0.05, 0.1) is 0 Å². The van der Waals surface area contributed by atoms with Crippen molar-refractivity contribution in [2.45, 2.75) is 45.4 Å². The molecule has 3 aliphatic heterocycles. The van der Waals surface area contributed by atoms with Crippen molar-refractivity contribution in [3.8, 4) is 0 Å². The van der Waals surface area contributed by atoms with Crippen LogP contribution in [0.5, 0.6) is 0 Å². The van der Waals surface area contributed by atoms with Crippen LogP contribution in [0.1, 0.15) is 45.4 Å². The van der Waals surface area contributed by atoms with Crippen LogP contribution in [0.15, 0.2) is 0 Å². The molecule has 0 aromatic rings. The Morgan fingerprint density at radius 2 is 1.58 bits per heavy atom. The Kier molecular flexibility index (Phi) is 3.85. The Morgan fingerprint density at radius 1 is 1.11 bits per heavy atom. The molecule has 0 aliphatic carbocycles. The highest BCUT2D eigenvalue weighted by atomic mass is 16.4. The minimum absolute atomic E-state index is 0.225. The number of carboxylic acids is 2. The Hall–Kier alpha value is -1.10. The molecule has 2 N–H and O–H groups in total. The molecule has 2 bridgehead atoms. The van der Waals surface area contributed by atoms with Crippen molar-refractivity contribution in [1.82, 2.24) is 4.90 Å². The number of nitrogens with zero attached hydrogens (tertiary/aromatic N) is 1. The summed E-state index contributed by atoms with van der Waals surface area (Å²) >= 11 is 0. The molecular weight excluding hydrogens is 246 g/mol. The van der Waals surface area contributed by atoms with Crippen molar-refractivity contribution < 1.29 is 19.8 Å². The third kappa shape index (κ3) is 2.76. The van der Waals surface area contributed by atoms with E-state index in [4.69, 9.17) is 10.2 Å². The molecule has 3 saturated heterocycles. The van der Waals surface area contributed by atoms with Gasteiger partial charge in [-0.15, -0.1) is 0 Å². The third-order valence-electron chi connectivity index (χ3n) is 5.20. The minimum atomic E-state index is -1.63. The Morgan fingerprint density at radius 3 is 2.00 bits per heavy atom. The summed E-state index contributed by atoms with van der Waals surface area (Å²) in [6, 6.07) is 0. The van der Waals surface area contributed by atoms with Gasteiger partial charge >= 0.3 is 11.9 Å². The number of aliphatic carboxylic acids is 2. The SMILES string of the molecule is CC(CCCC12CCN(CC1)CC2)(C(=O)O)C(=O)O. The first-order valence-electron chi connectivity index (χ1n) is 7.07. The van der Waals surface area contributed by atoms with E-state index in [1.165, 1.54) is 26.2 Å². The number of rotatable bonds is 6. The fourth-order valence-corrected chi connectivity index (χ4v) is 3.39. The molecule has 0 radical (unpaired) electrons. The molecule has 0 aromatic heterocycles. The van der Waals surface area contributed by atoms with Crippen LogP contribution in [-0.4, -0.2) is 46.7 Å². The standard InChI is InChI=1S/C14H23NO4/c1-13(11(16)17,12(18)19)3-2-4-14-5-8-15(9-6-14)10-7-14/h2-10H2,1H3,(H,16,17)(H,18,19). The Labute approximate surface area is 113 Å². The maximum absolute atomic E-state index is 11.1. The number of carboxylic acid groups (broad SMARTS) is 2. The van der Waals surface area contributed by atoms with E-state index < -0.39 is 17.4 Å². The Bertz CT molecular complexity index is 344. The summed E-state index contributed by atoms with van der Waals surface area (Å²) in [6.45, 7) is 4.76. The molecule has 0 aromatic carbocycles. The van der Waals surface area contributed by atoms with Crippen LogP contribution in [0, 0.1) is 10.8 Å². The molecule has 19 heavy (non-hydrogen) atoms. The predicted octanol–water partition coefficient (Wildman–Crippen LogP) is 1.82. The number of hydrogen-bond acceptors (Lipinski definition) is 3. The molecule has 0 atom stereocenters. The second-order valence-electron chi connectivity index (χ2n) is 6.39. The van der Waals surface area contributed by atoms with Crippen molar-refractivity contribution in [3.63, 3.8) is 0 Å². The summed E-state index contributed by atoms with van der Waals surface area (Å²) in [6.07, 6.45) is 5.44. The van der Waals surface area contributed by atoms with Crippen molar-refractivity contribution in [1.29, 1.82) is 0 Å². The van der Waals surface area contributed by atoms with E-state index in [9.17, 15) is 9.59 Å². The van der Waals surface area contributed by atoms with Crippen LogP contribution in [0.3, 0.4) is 0 Å². The van der Waals surface area contributed by atoms with Crippen LogP contribution < -0.4 is 0 Å². The number of fused-ring (bicyclic) bond motifs is 3. The van der Waals surface area contributed by atoms with Gasteiger partial charge < -0.3 is 15.1 Å². The number of carbonyl (C=O) groups is 2. The zero-order valence-electron chi connectivity index (χ0n) is 11.5. The smallest absolute Gasteiger partial charge is 0.320 e. The first-order valence-corrected chi connectivity index (χ1v) is 7.07. The maximum Gasteiger partial charge on any atom is 0.320 e.